The number of carboxylic acids is 1. The van der Waals surface area contributed by atoms with Crippen LogP contribution in [0, 0.1) is 6.92 Å². The average Bonchev–Trinajstić information content (AvgIpc) is 3.31. The molecular weight excluding hydrogens is 889 g/mol. The number of nitrogens with one attached hydrogen (secondary N) is 2. The molecule has 20 heteroatoms. The van der Waals surface area contributed by atoms with E-state index in [4.69, 9.17) is 37.9 Å². The van der Waals surface area contributed by atoms with Crippen LogP contribution in [0.5, 0.6) is 11.5 Å². The SMILES string of the molecule is COc1ccc(C(OC[C@]2(CO)CN(CCO[C@@H]3O[C@H](CCC(=O)O)[C@@H](OC(C)=O)[C@H](OC(C)=O)[C@H]3NC(C)=O)C[C@H](n3cc(C)c(=O)[nH]c3=O)O2)(c2ccccc2)c2ccc(OC)cc2)cc1. The molecule has 7 atom stereocenters. The first-order chi connectivity index (χ1) is 32.5. The standard InChI is InChI=1S/C48H58N4O16/c1-29-24-52(46(60)50-44(29)59)39-25-51(22-23-63-45-41(49-30(2)54)43(66-32(4)56)42(65-31(3)55)38(67-45)20-21-40(57)58)26-47(27-53,68-39)28-64-48(33-10-8-7-9-11-33,34-12-16-36(61-5)17-13-34)35-14-18-37(62-6)19-15-35/h7-19,24,38-39,41-43,45,53H,20-23,25-28H2,1-6H3,(H,49,54)(H,57,58)(H,50,59,60)/t38-,39-,41-,42-,43-,45-,47-/m1/s1. The van der Waals surface area contributed by atoms with E-state index < -0.39 is 96.2 Å². The number of aryl methyl sites for hydroxylation is 1. The van der Waals surface area contributed by atoms with Gasteiger partial charge in [0, 0.05) is 58.6 Å². The van der Waals surface area contributed by atoms with Crippen molar-refractivity contribution >= 4 is 23.8 Å². The Bertz CT molecular complexity index is 2430. The van der Waals surface area contributed by atoms with E-state index in [9.17, 15) is 39.0 Å². The summed E-state index contributed by atoms with van der Waals surface area (Å²) in [5.41, 5.74) is -1.86. The topological polar surface area (TPSA) is 253 Å². The summed E-state index contributed by atoms with van der Waals surface area (Å²) in [5, 5.41) is 23.7. The number of aromatic amines is 1. The van der Waals surface area contributed by atoms with Gasteiger partial charge in [0.05, 0.1) is 34.0 Å². The number of hydrogen-bond acceptors (Lipinski definition) is 16. The first kappa shape index (κ1) is 51.0. The molecule has 1 amide bonds. The van der Waals surface area contributed by atoms with Crippen LogP contribution in [-0.4, -0.2) is 138 Å². The molecule has 1 aromatic heterocycles. The minimum absolute atomic E-state index is 0.00300. The first-order valence-electron chi connectivity index (χ1n) is 21.9. The van der Waals surface area contributed by atoms with Crippen LogP contribution in [0.3, 0.4) is 0 Å². The second-order valence-corrected chi connectivity index (χ2v) is 16.6. The third-order valence-electron chi connectivity index (χ3n) is 11.7. The molecule has 0 unspecified atom stereocenters. The van der Waals surface area contributed by atoms with Crippen LogP contribution < -0.4 is 26.0 Å². The number of aliphatic hydroxyl groups excluding tert-OH is 1. The molecule has 2 saturated heterocycles. The Hall–Kier alpha value is -6.42. The molecule has 2 fully saturated rings. The molecule has 0 aliphatic carbocycles. The van der Waals surface area contributed by atoms with Gasteiger partial charge < -0.3 is 53.4 Å². The van der Waals surface area contributed by atoms with Crippen LogP contribution in [0.1, 0.15) is 62.1 Å². The normalized spacial score (nSPS) is 23.0. The quantitative estimate of drug-likeness (QED) is 0.0733. The molecule has 3 heterocycles. The Morgan fingerprint density at radius 2 is 1.46 bits per heavy atom. The number of ether oxygens (including phenoxy) is 8. The highest BCUT2D eigenvalue weighted by atomic mass is 16.7. The first-order valence-corrected chi connectivity index (χ1v) is 21.9. The van der Waals surface area contributed by atoms with E-state index in [1.807, 2.05) is 83.8 Å². The summed E-state index contributed by atoms with van der Waals surface area (Å²) >= 11 is 0. The number of nitrogens with zero attached hydrogens (tertiary/aromatic N) is 2. The molecule has 2 aliphatic heterocycles. The number of esters is 2. The molecule has 3 aromatic carbocycles. The minimum Gasteiger partial charge on any atom is -0.497 e. The van der Waals surface area contributed by atoms with E-state index >= 15 is 0 Å². The monoisotopic (exact) mass is 946 g/mol. The summed E-state index contributed by atoms with van der Waals surface area (Å²) in [6, 6.07) is 23.0. The highest BCUT2D eigenvalue weighted by Gasteiger charge is 2.51. The molecule has 0 saturated carbocycles. The molecule has 0 radical (unpaired) electrons. The Morgan fingerprint density at radius 1 is 0.868 bits per heavy atom. The zero-order chi connectivity index (χ0) is 49.2. The van der Waals surface area contributed by atoms with Gasteiger partial charge in [0.25, 0.3) is 5.56 Å². The minimum atomic E-state index is -1.56. The number of hydrogen-bond donors (Lipinski definition) is 4. The number of carboxylic acid groups (broad SMARTS) is 1. The Labute approximate surface area is 392 Å². The van der Waals surface area contributed by atoms with E-state index in [1.165, 1.54) is 24.6 Å². The molecular formula is C48H58N4O16. The van der Waals surface area contributed by atoms with E-state index in [0.29, 0.717) is 22.6 Å². The van der Waals surface area contributed by atoms with Gasteiger partial charge in [0.2, 0.25) is 5.91 Å². The summed E-state index contributed by atoms with van der Waals surface area (Å²) in [4.78, 5) is 79.1. The molecule has 4 N–H and O–H groups in total. The highest BCUT2D eigenvalue weighted by molar-refractivity contribution is 5.73. The molecule has 68 heavy (non-hydrogen) atoms. The average molecular weight is 947 g/mol. The predicted molar refractivity (Wildman–Crippen MR) is 241 cm³/mol. The molecule has 366 valence electrons. The number of aromatic nitrogens is 2. The van der Waals surface area contributed by atoms with Gasteiger partial charge >= 0.3 is 23.6 Å². The van der Waals surface area contributed by atoms with Crippen LogP contribution in [0.2, 0.25) is 0 Å². The zero-order valence-electron chi connectivity index (χ0n) is 38.7. The number of aliphatic carboxylic acids is 1. The number of H-pyrrole nitrogens is 1. The van der Waals surface area contributed by atoms with Crippen molar-refractivity contribution in [1.29, 1.82) is 0 Å². The van der Waals surface area contributed by atoms with Gasteiger partial charge in [-0.3, -0.25) is 38.4 Å². The van der Waals surface area contributed by atoms with Gasteiger partial charge in [0.1, 0.15) is 34.8 Å². The summed E-state index contributed by atoms with van der Waals surface area (Å²) in [5.74, 6) is -2.04. The van der Waals surface area contributed by atoms with Crippen molar-refractivity contribution in [2.24, 2.45) is 0 Å². The maximum Gasteiger partial charge on any atom is 0.330 e. The van der Waals surface area contributed by atoms with Gasteiger partial charge in [0.15, 0.2) is 24.7 Å². The van der Waals surface area contributed by atoms with Crippen molar-refractivity contribution in [3.8, 4) is 11.5 Å². The Kier molecular flexibility index (Phi) is 16.9. The van der Waals surface area contributed by atoms with Crippen molar-refractivity contribution in [2.45, 2.75) is 88.6 Å². The smallest absolute Gasteiger partial charge is 0.330 e. The number of carbonyl (C=O) groups is 4. The molecule has 0 spiro atoms. The van der Waals surface area contributed by atoms with Gasteiger partial charge in [-0.05, 0) is 54.3 Å². The van der Waals surface area contributed by atoms with E-state index in [2.05, 4.69) is 10.3 Å². The fourth-order valence-electron chi connectivity index (χ4n) is 8.59. The van der Waals surface area contributed by atoms with E-state index in [0.717, 1.165) is 19.4 Å². The van der Waals surface area contributed by atoms with Crippen molar-refractivity contribution in [3.05, 3.63) is 128 Å². The molecule has 4 aromatic rings. The summed E-state index contributed by atoms with van der Waals surface area (Å²) in [7, 11) is 3.13. The lowest BCUT2D eigenvalue weighted by Gasteiger charge is -2.48. The van der Waals surface area contributed by atoms with Crippen LogP contribution in [0.15, 0.2) is 94.6 Å². The lowest BCUT2D eigenvalue weighted by Crippen LogP contribution is -2.66. The van der Waals surface area contributed by atoms with Crippen molar-refractivity contribution < 1.29 is 67.3 Å². The number of morpholine rings is 1. The number of amides is 1. The van der Waals surface area contributed by atoms with Crippen molar-refractivity contribution in [2.75, 3.05) is 53.7 Å². The number of methoxy groups -OCH3 is 2. The van der Waals surface area contributed by atoms with Gasteiger partial charge in [-0.2, -0.15) is 0 Å². The van der Waals surface area contributed by atoms with Crippen molar-refractivity contribution in [1.82, 2.24) is 19.8 Å². The van der Waals surface area contributed by atoms with E-state index in [1.54, 1.807) is 14.2 Å². The second kappa shape index (κ2) is 22.6. The zero-order valence-corrected chi connectivity index (χ0v) is 38.7. The fraction of sp³-hybridized carbons (Fsp3) is 0.458. The molecule has 0 bridgehead atoms. The van der Waals surface area contributed by atoms with Gasteiger partial charge in [-0.25, -0.2) is 4.79 Å². The maximum atomic E-state index is 13.5. The van der Waals surface area contributed by atoms with Crippen LogP contribution in [-0.2, 0) is 53.2 Å². The van der Waals surface area contributed by atoms with Crippen molar-refractivity contribution in [3.63, 3.8) is 0 Å². The number of carbonyl (C=O) groups excluding carboxylic acids is 3. The second-order valence-electron chi connectivity index (χ2n) is 16.6. The largest absolute Gasteiger partial charge is 0.497 e. The molecule has 6 rings (SSSR count). The lowest BCUT2D eigenvalue weighted by atomic mass is 9.79. The van der Waals surface area contributed by atoms with Gasteiger partial charge in [-0.15, -0.1) is 0 Å². The Morgan fingerprint density at radius 3 is 2.00 bits per heavy atom. The summed E-state index contributed by atoms with van der Waals surface area (Å²) < 4.78 is 49.8. The van der Waals surface area contributed by atoms with Crippen LogP contribution in [0.25, 0.3) is 0 Å². The lowest BCUT2D eigenvalue weighted by molar-refractivity contribution is -0.275. The van der Waals surface area contributed by atoms with E-state index in [-0.39, 0.29) is 44.8 Å². The molecule has 20 nitrogen and oxygen atoms in total. The third-order valence-corrected chi connectivity index (χ3v) is 11.7. The number of rotatable bonds is 20. The summed E-state index contributed by atoms with van der Waals surface area (Å²) in [6.45, 7) is 4.08. The summed E-state index contributed by atoms with van der Waals surface area (Å²) in [6.07, 6.45) is -5.47. The maximum absolute atomic E-state index is 13.5. The van der Waals surface area contributed by atoms with Gasteiger partial charge in [-0.1, -0.05) is 54.6 Å². The molecule has 2 aliphatic rings. The van der Waals surface area contributed by atoms with Crippen LogP contribution >= 0.6 is 0 Å². The number of benzene rings is 3. The Balaban J connectivity index is 1.37. The predicted octanol–water partition coefficient (Wildman–Crippen LogP) is 2.41. The highest BCUT2D eigenvalue weighted by Crippen LogP contribution is 2.43. The van der Waals surface area contributed by atoms with Crippen LogP contribution in [0.4, 0.5) is 0 Å². The fourth-order valence-corrected chi connectivity index (χ4v) is 8.59. The number of aliphatic hydroxyl groups is 1. The third kappa shape index (κ3) is 12.0.